The number of benzene rings is 1. The molecule has 0 bridgehead atoms. The van der Waals surface area contributed by atoms with Crippen molar-refractivity contribution in [2.45, 2.75) is 18.9 Å². The quantitative estimate of drug-likeness (QED) is 0.893. The van der Waals surface area contributed by atoms with Gasteiger partial charge >= 0.3 is 0 Å². The van der Waals surface area contributed by atoms with Crippen molar-refractivity contribution in [2.75, 3.05) is 26.3 Å². The first-order valence-electron chi connectivity index (χ1n) is 7.43. The molecule has 0 unspecified atom stereocenters. The predicted octanol–water partition coefficient (Wildman–Crippen LogP) is 1.29. The Kier molecular flexibility index (Phi) is 4.22. The number of aromatic nitrogens is 1. The minimum Gasteiger partial charge on any atom is -0.380 e. The molecule has 3 N–H and O–H groups in total. The molecule has 1 saturated heterocycles. The van der Waals surface area contributed by atoms with Gasteiger partial charge in [0.25, 0.3) is 0 Å². The maximum absolute atomic E-state index is 12.4. The summed E-state index contributed by atoms with van der Waals surface area (Å²) in [5.41, 5.74) is 8.31. The van der Waals surface area contributed by atoms with E-state index < -0.39 is 6.04 Å². The smallest absolute Gasteiger partial charge is 0.239 e. The van der Waals surface area contributed by atoms with Gasteiger partial charge in [-0.3, -0.25) is 4.79 Å². The Balaban J connectivity index is 1.70. The molecule has 1 atom stereocenters. The highest BCUT2D eigenvalue weighted by Crippen LogP contribution is 2.19. The Bertz CT molecular complexity index is 615. The summed E-state index contributed by atoms with van der Waals surface area (Å²) in [6.07, 6.45) is 3.38. The number of nitrogens with one attached hydrogen (secondary N) is 1. The molecule has 0 spiro atoms. The molecule has 1 amide bonds. The van der Waals surface area contributed by atoms with E-state index in [-0.39, 0.29) is 5.91 Å². The zero-order valence-electron chi connectivity index (χ0n) is 12.0. The summed E-state index contributed by atoms with van der Waals surface area (Å²) in [5, 5.41) is 1.14. The van der Waals surface area contributed by atoms with Crippen molar-refractivity contribution in [1.82, 2.24) is 9.88 Å². The standard InChI is InChI=1S/C16H21N3O2/c17-14(16(20)19-6-3-8-21-9-7-19)10-12-11-18-15-5-2-1-4-13(12)15/h1-2,4-5,11,14,18H,3,6-10,17H2/t14-/m0/s1. The lowest BCUT2D eigenvalue weighted by Crippen LogP contribution is -2.45. The van der Waals surface area contributed by atoms with Gasteiger partial charge in [-0.25, -0.2) is 0 Å². The van der Waals surface area contributed by atoms with Crippen molar-refractivity contribution in [2.24, 2.45) is 5.73 Å². The molecule has 2 aromatic rings. The van der Waals surface area contributed by atoms with E-state index in [4.69, 9.17) is 10.5 Å². The summed E-state index contributed by atoms with van der Waals surface area (Å²) in [7, 11) is 0. The molecule has 0 radical (unpaired) electrons. The van der Waals surface area contributed by atoms with Crippen LogP contribution in [0, 0.1) is 0 Å². The molecular formula is C16H21N3O2. The van der Waals surface area contributed by atoms with E-state index in [2.05, 4.69) is 11.1 Å². The van der Waals surface area contributed by atoms with Crippen LogP contribution in [0.15, 0.2) is 30.5 Å². The molecule has 0 aliphatic carbocycles. The minimum atomic E-state index is -0.498. The monoisotopic (exact) mass is 287 g/mol. The van der Waals surface area contributed by atoms with Gasteiger partial charge in [0.1, 0.15) is 0 Å². The third-order valence-corrected chi connectivity index (χ3v) is 3.97. The van der Waals surface area contributed by atoms with Gasteiger partial charge < -0.3 is 20.4 Å². The number of H-pyrrole nitrogens is 1. The fourth-order valence-electron chi connectivity index (χ4n) is 2.83. The molecule has 3 rings (SSSR count). The summed E-state index contributed by atoms with van der Waals surface area (Å²) in [5.74, 6) is 0.0192. The van der Waals surface area contributed by atoms with Gasteiger partial charge in [0, 0.05) is 36.8 Å². The van der Waals surface area contributed by atoms with Gasteiger partial charge in [-0.2, -0.15) is 0 Å². The van der Waals surface area contributed by atoms with Crippen molar-refractivity contribution in [3.63, 3.8) is 0 Å². The summed E-state index contributed by atoms with van der Waals surface area (Å²) >= 11 is 0. The Hall–Kier alpha value is -1.85. The number of nitrogens with two attached hydrogens (primary N) is 1. The predicted molar refractivity (Wildman–Crippen MR) is 82.0 cm³/mol. The molecule has 2 heterocycles. The van der Waals surface area contributed by atoms with Crippen LogP contribution in [-0.4, -0.2) is 48.1 Å². The van der Waals surface area contributed by atoms with Crippen molar-refractivity contribution >= 4 is 16.8 Å². The van der Waals surface area contributed by atoms with E-state index in [0.717, 1.165) is 36.0 Å². The highest BCUT2D eigenvalue weighted by molar-refractivity contribution is 5.86. The average molecular weight is 287 g/mol. The SMILES string of the molecule is N[C@@H](Cc1c[nH]c2ccccc12)C(=O)N1CCCOCC1. The minimum absolute atomic E-state index is 0.0192. The zero-order valence-corrected chi connectivity index (χ0v) is 12.0. The topological polar surface area (TPSA) is 71.4 Å². The average Bonchev–Trinajstić information content (AvgIpc) is 2.74. The van der Waals surface area contributed by atoms with Gasteiger partial charge in [-0.05, 0) is 24.5 Å². The van der Waals surface area contributed by atoms with Crippen LogP contribution >= 0.6 is 0 Å². The normalized spacial score (nSPS) is 17.7. The van der Waals surface area contributed by atoms with Crippen LogP contribution in [0.5, 0.6) is 0 Å². The number of hydrogen-bond donors (Lipinski definition) is 2. The maximum atomic E-state index is 12.4. The Morgan fingerprint density at radius 3 is 3.10 bits per heavy atom. The summed E-state index contributed by atoms with van der Waals surface area (Å²) in [6, 6.07) is 7.57. The largest absolute Gasteiger partial charge is 0.380 e. The molecule has 5 heteroatoms. The van der Waals surface area contributed by atoms with E-state index >= 15 is 0 Å². The number of carbonyl (C=O) groups excluding carboxylic acids is 1. The highest BCUT2D eigenvalue weighted by Gasteiger charge is 2.23. The highest BCUT2D eigenvalue weighted by atomic mass is 16.5. The van der Waals surface area contributed by atoms with Crippen LogP contribution in [-0.2, 0) is 16.0 Å². The molecule has 21 heavy (non-hydrogen) atoms. The number of hydrogen-bond acceptors (Lipinski definition) is 3. The van der Waals surface area contributed by atoms with E-state index in [1.54, 1.807) is 0 Å². The van der Waals surface area contributed by atoms with Crippen LogP contribution in [0.3, 0.4) is 0 Å². The third kappa shape index (κ3) is 3.09. The summed E-state index contributed by atoms with van der Waals surface area (Å²) in [4.78, 5) is 17.5. The second kappa shape index (κ2) is 6.28. The second-order valence-corrected chi connectivity index (χ2v) is 5.46. The van der Waals surface area contributed by atoms with Gasteiger partial charge in [0.15, 0.2) is 0 Å². The lowest BCUT2D eigenvalue weighted by Gasteiger charge is -2.23. The lowest BCUT2D eigenvalue weighted by molar-refractivity contribution is -0.132. The summed E-state index contributed by atoms with van der Waals surface area (Å²) in [6.45, 7) is 2.70. The first-order chi connectivity index (χ1) is 10.3. The van der Waals surface area contributed by atoms with Crippen LogP contribution in [0.25, 0.3) is 10.9 Å². The summed E-state index contributed by atoms with van der Waals surface area (Å²) < 4.78 is 5.38. The van der Waals surface area contributed by atoms with E-state index in [0.29, 0.717) is 19.6 Å². The molecule has 0 saturated carbocycles. The first kappa shape index (κ1) is 14.1. The lowest BCUT2D eigenvalue weighted by atomic mass is 10.0. The number of fused-ring (bicyclic) bond motifs is 1. The molecule has 1 aromatic carbocycles. The molecule has 1 aromatic heterocycles. The van der Waals surface area contributed by atoms with E-state index in [9.17, 15) is 4.79 Å². The number of aromatic amines is 1. The Morgan fingerprint density at radius 1 is 1.33 bits per heavy atom. The molecule has 1 aliphatic heterocycles. The van der Waals surface area contributed by atoms with Crippen LogP contribution in [0.1, 0.15) is 12.0 Å². The van der Waals surface area contributed by atoms with Crippen molar-refractivity contribution < 1.29 is 9.53 Å². The number of rotatable bonds is 3. The number of nitrogens with zero attached hydrogens (tertiary/aromatic N) is 1. The van der Waals surface area contributed by atoms with Crippen molar-refractivity contribution in [3.05, 3.63) is 36.0 Å². The van der Waals surface area contributed by atoms with Crippen LogP contribution < -0.4 is 5.73 Å². The Labute approximate surface area is 124 Å². The van der Waals surface area contributed by atoms with Crippen molar-refractivity contribution in [1.29, 1.82) is 0 Å². The molecule has 5 nitrogen and oxygen atoms in total. The molecule has 1 aliphatic rings. The van der Waals surface area contributed by atoms with Crippen LogP contribution in [0.2, 0.25) is 0 Å². The molecule has 112 valence electrons. The number of carbonyl (C=O) groups is 1. The van der Waals surface area contributed by atoms with Gasteiger partial charge in [-0.1, -0.05) is 18.2 Å². The third-order valence-electron chi connectivity index (χ3n) is 3.97. The van der Waals surface area contributed by atoms with Crippen LogP contribution in [0.4, 0.5) is 0 Å². The van der Waals surface area contributed by atoms with Gasteiger partial charge in [0.2, 0.25) is 5.91 Å². The van der Waals surface area contributed by atoms with Gasteiger partial charge in [0.05, 0.1) is 12.6 Å². The van der Waals surface area contributed by atoms with E-state index in [1.807, 2.05) is 29.3 Å². The molecule has 1 fully saturated rings. The number of ether oxygens (including phenoxy) is 1. The molecular weight excluding hydrogens is 266 g/mol. The fourth-order valence-corrected chi connectivity index (χ4v) is 2.83. The maximum Gasteiger partial charge on any atom is 0.239 e. The first-order valence-corrected chi connectivity index (χ1v) is 7.43. The van der Waals surface area contributed by atoms with E-state index in [1.165, 1.54) is 0 Å². The second-order valence-electron chi connectivity index (χ2n) is 5.46. The van der Waals surface area contributed by atoms with Crippen molar-refractivity contribution in [3.8, 4) is 0 Å². The fraction of sp³-hybridized carbons (Fsp3) is 0.438. The number of para-hydroxylation sites is 1. The van der Waals surface area contributed by atoms with Gasteiger partial charge in [-0.15, -0.1) is 0 Å². The Morgan fingerprint density at radius 2 is 2.19 bits per heavy atom. The zero-order chi connectivity index (χ0) is 14.7. The number of amides is 1.